The van der Waals surface area contributed by atoms with Gasteiger partial charge in [-0.25, -0.2) is 4.79 Å². The third-order valence-corrected chi connectivity index (χ3v) is 3.21. The third-order valence-electron chi connectivity index (χ3n) is 3.21. The van der Waals surface area contributed by atoms with Crippen LogP contribution in [0.3, 0.4) is 0 Å². The molecule has 6 nitrogen and oxygen atoms in total. The zero-order valence-electron chi connectivity index (χ0n) is 12.9. The molecule has 0 heterocycles. The van der Waals surface area contributed by atoms with Gasteiger partial charge in [0.15, 0.2) is 0 Å². The molecular weight excluding hydrogens is 258 g/mol. The summed E-state index contributed by atoms with van der Waals surface area (Å²) in [6.07, 6.45) is 2.99. The van der Waals surface area contributed by atoms with Crippen molar-refractivity contribution in [3.05, 3.63) is 0 Å². The first-order valence-corrected chi connectivity index (χ1v) is 7.23. The van der Waals surface area contributed by atoms with Crippen molar-refractivity contribution in [3.8, 4) is 0 Å². The van der Waals surface area contributed by atoms with Crippen LogP contribution in [-0.2, 0) is 9.53 Å². The van der Waals surface area contributed by atoms with E-state index < -0.39 is 11.6 Å². The third kappa shape index (κ3) is 6.23. The van der Waals surface area contributed by atoms with Gasteiger partial charge in [-0.05, 0) is 53.4 Å². The Kier molecular flexibility index (Phi) is 5.80. The summed E-state index contributed by atoms with van der Waals surface area (Å²) in [4.78, 5) is 23.2. The highest BCUT2D eigenvalue weighted by atomic mass is 16.6. The lowest BCUT2D eigenvalue weighted by molar-refractivity contribution is -0.122. The van der Waals surface area contributed by atoms with Gasteiger partial charge in [-0.3, -0.25) is 4.79 Å². The van der Waals surface area contributed by atoms with Crippen LogP contribution in [0, 0.1) is 0 Å². The fraction of sp³-hybridized carbons (Fsp3) is 0.857. The zero-order valence-corrected chi connectivity index (χ0v) is 12.9. The second-order valence-corrected chi connectivity index (χ2v) is 6.49. The maximum atomic E-state index is 11.7. The minimum Gasteiger partial charge on any atom is -0.444 e. The molecule has 1 saturated carbocycles. The van der Waals surface area contributed by atoms with Gasteiger partial charge >= 0.3 is 6.09 Å². The normalized spacial score (nSPS) is 24.6. The lowest BCUT2D eigenvalue weighted by Gasteiger charge is -2.30. The van der Waals surface area contributed by atoms with E-state index in [2.05, 4.69) is 10.6 Å². The smallest absolute Gasteiger partial charge is 0.407 e. The fourth-order valence-electron chi connectivity index (χ4n) is 2.19. The van der Waals surface area contributed by atoms with Crippen LogP contribution in [0.5, 0.6) is 0 Å². The second-order valence-electron chi connectivity index (χ2n) is 6.49. The van der Waals surface area contributed by atoms with Crippen LogP contribution in [0.25, 0.3) is 0 Å². The van der Waals surface area contributed by atoms with Gasteiger partial charge in [0.2, 0.25) is 5.91 Å². The minimum absolute atomic E-state index is 0.117. The first kappa shape index (κ1) is 16.8. The van der Waals surface area contributed by atoms with Gasteiger partial charge in [0, 0.05) is 12.1 Å². The molecule has 0 radical (unpaired) electrons. The van der Waals surface area contributed by atoms with Crippen LogP contribution in [0.15, 0.2) is 0 Å². The van der Waals surface area contributed by atoms with E-state index in [1.54, 1.807) is 6.92 Å². The molecule has 2 amide bonds. The van der Waals surface area contributed by atoms with Gasteiger partial charge in [0.05, 0.1) is 6.04 Å². The van der Waals surface area contributed by atoms with Crippen molar-refractivity contribution in [3.63, 3.8) is 0 Å². The molecule has 1 fully saturated rings. The Labute approximate surface area is 120 Å². The van der Waals surface area contributed by atoms with Crippen LogP contribution in [0.1, 0.15) is 53.4 Å². The van der Waals surface area contributed by atoms with E-state index in [9.17, 15) is 9.59 Å². The fourth-order valence-corrected chi connectivity index (χ4v) is 2.19. The number of rotatable bonds is 3. The van der Waals surface area contributed by atoms with Crippen molar-refractivity contribution in [2.24, 2.45) is 5.73 Å². The first-order chi connectivity index (χ1) is 9.17. The van der Waals surface area contributed by atoms with E-state index in [4.69, 9.17) is 10.5 Å². The second kappa shape index (κ2) is 6.92. The summed E-state index contributed by atoms with van der Waals surface area (Å²) in [6, 6.07) is -0.203. The number of hydrogen-bond acceptors (Lipinski definition) is 4. The van der Waals surface area contributed by atoms with Gasteiger partial charge in [0.25, 0.3) is 0 Å². The summed E-state index contributed by atoms with van der Waals surface area (Å²) in [5.74, 6) is -0.117. The summed E-state index contributed by atoms with van der Waals surface area (Å²) in [7, 11) is 0. The highest BCUT2D eigenvalue weighted by Gasteiger charge is 2.25. The molecule has 1 atom stereocenters. The zero-order chi connectivity index (χ0) is 15.3. The quantitative estimate of drug-likeness (QED) is 0.728. The molecule has 1 aliphatic carbocycles. The minimum atomic E-state index is -0.480. The van der Waals surface area contributed by atoms with Gasteiger partial charge in [0.1, 0.15) is 5.60 Å². The summed E-state index contributed by atoms with van der Waals surface area (Å²) in [5, 5.41) is 5.80. The summed E-state index contributed by atoms with van der Waals surface area (Å²) >= 11 is 0. The lowest BCUT2D eigenvalue weighted by atomic mass is 9.91. The highest BCUT2D eigenvalue weighted by Crippen LogP contribution is 2.19. The molecule has 0 saturated heterocycles. The van der Waals surface area contributed by atoms with Crippen LogP contribution in [0.4, 0.5) is 4.79 Å². The molecule has 0 spiro atoms. The molecule has 1 rings (SSSR count). The van der Waals surface area contributed by atoms with Gasteiger partial charge < -0.3 is 21.1 Å². The topological polar surface area (TPSA) is 93.5 Å². The van der Waals surface area contributed by atoms with Crippen molar-refractivity contribution in [1.82, 2.24) is 10.6 Å². The maximum absolute atomic E-state index is 11.7. The Hall–Kier alpha value is -1.30. The molecule has 4 N–H and O–H groups in total. The number of hydrogen-bond donors (Lipinski definition) is 3. The predicted molar refractivity (Wildman–Crippen MR) is 77.2 cm³/mol. The average Bonchev–Trinajstić information content (AvgIpc) is 2.28. The molecule has 0 aromatic rings. The molecule has 0 bridgehead atoms. The molecule has 0 aromatic heterocycles. The van der Waals surface area contributed by atoms with E-state index in [1.165, 1.54) is 0 Å². The summed E-state index contributed by atoms with van der Waals surface area (Å²) in [6.45, 7) is 7.19. The SMILES string of the molecule is CC(N)C(=O)NC1CCC(NC(=O)OC(C)(C)C)CC1. The monoisotopic (exact) mass is 285 g/mol. The number of amides is 2. The van der Waals surface area contributed by atoms with E-state index in [-0.39, 0.29) is 24.1 Å². The highest BCUT2D eigenvalue weighted by molar-refractivity contribution is 5.81. The van der Waals surface area contributed by atoms with E-state index in [0.717, 1.165) is 25.7 Å². The molecule has 20 heavy (non-hydrogen) atoms. The molecule has 116 valence electrons. The number of ether oxygens (including phenoxy) is 1. The number of alkyl carbamates (subject to hydrolysis) is 1. The lowest BCUT2D eigenvalue weighted by Crippen LogP contribution is -2.48. The van der Waals surface area contributed by atoms with Crippen LogP contribution in [-0.4, -0.2) is 35.7 Å². The number of carbonyl (C=O) groups is 2. The van der Waals surface area contributed by atoms with Gasteiger partial charge in [-0.1, -0.05) is 0 Å². The maximum Gasteiger partial charge on any atom is 0.407 e. The van der Waals surface area contributed by atoms with E-state index in [1.807, 2.05) is 20.8 Å². The Morgan fingerprint density at radius 2 is 1.55 bits per heavy atom. The van der Waals surface area contributed by atoms with Crippen molar-refractivity contribution < 1.29 is 14.3 Å². The Balaban J connectivity index is 2.29. The van der Waals surface area contributed by atoms with Crippen molar-refractivity contribution in [1.29, 1.82) is 0 Å². The predicted octanol–water partition coefficient (Wildman–Crippen LogP) is 1.29. The average molecular weight is 285 g/mol. The van der Waals surface area contributed by atoms with E-state index >= 15 is 0 Å². The molecule has 1 aliphatic rings. The van der Waals surface area contributed by atoms with Crippen LogP contribution in [0.2, 0.25) is 0 Å². The molecule has 0 aromatic carbocycles. The van der Waals surface area contributed by atoms with Crippen LogP contribution < -0.4 is 16.4 Å². The number of carbonyl (C=O) groups excluding carboxylic acids is 2. The molecule has 6 heteroatoms. The van der Waals surface area contributed by atoms with Crippen molar-refractivity contribution in [2.75, 3.05) is 0 Å². The van der Waals surface area contributed by atoms with E-state index in [0.29, 0.717) is 0 Å². The number of nitrogens with one attached hydrogen (secondary N) is 2. The van der Waals surface area contributed by atoms with Gasteiger partial charge in [-0.2, -0.15) is 0 Å². The first-order valence-electron chi connectivity index (χ1n) is 7.23. The summed E-state index contributed by atoms with van der Waals surface area (Å²) < 4.78 is 5.23. The Morgan fingerprint density at radius 3 is 1.95 bits per heavy atom. The Morgan fingerprint density at radius 1 is 1.10 bits per heavy atom. The Bertz CT molecular complexity index is 342. The van der Waals surface area contributed by atoms with Gasteiger partial charge in [-0.15, -0.1) is 0 Å². The summed E-state index contributed by atoms with van der Waals surface area (Å²) in [5.41, 5.74) is 5.04. The molecule has 0 aliphatic heterocycles. The standard InChI is InChI=1S/C14H27N3O3/c1-9(15)12(18)16-10-5-7-11(8-6-10)17-13(19)20-14(2,3)4/h9-11H,5-8,15H2,1-4H3,(H,16,18)(H,17,19). The number of nitrogens with two attached hydrogens (primary N) is 1. The largest absolute Gasteiger partial charge is 0.444 e. The van der Waals surface area contributed by atoms with Crippen molar-refractivity contribution in [2.45, 2.75) is 77.1 Å². The van der Waals surface area contributed by atoms with Crippen molar-refractivity contribution >= 4 is 12.0 Å². The molecular formula is C14H27N3O3. The molecule has 1 unspecified atom stereocenters. The van der Waals surface area contributed by atoms with Crippen LogP contribution >= 0.6 is 0 Å².